The second-order valence-corrected chi connectivity index (χ2v) is 7.28. The maximum atomic E-state index is 13.2. The molecule has 1 amide bonds. The predicted molar refractivity (Wildman–Crippen MR) is 104 cm³/mol. The lowest BCUT2D eigenvalue weighted by Gasteiger charge is -2.30. The summed E-state index contributed by atoms with van der Waals surface area (Å²) < 4.78 is 13.2. The van der Waals surface area contributed by atoms with Gasteiger partial charge in [0.2, 0.25) is 5.91 Å². The number of fused-ring (bicyclic) bond motifs is 1. The van der Waals surface area contributed by atoms with Gasteiger partial charge in [-0.05, 0) is 56.3 Å². The molecule has 27 heavy (non-hydrogen) atoms. The third-order valence-electron chi connectivity index (χ3n) is 4.96. The predicted octanol–water partition coefficient (Wildman–Crippen LogP) is 4.21. The first kappa shape index (κ1) is 17.9. The second kappa shape index (κ2) is 7.66. The number of likely N-dealkylation sites (tertiary alicyclic amines) is 1. The molecule has 3 aromatic rings. The van der Waals surface area contributed by atoms with Crippen LogP contribution >= 0.6 is 11.6 Å². The Hall–Kier alpha value is -2.44. The van der Waals surface area contributed by atoms with E-state index < -0.39 is 5.82 Å². The fraction of sp³-hybridized carbons (Fsp3) is 0.300. The number of rotatable bonds is 4. The van der Waals surface area contributed by atoms with Crippen LogP contribution in [0.25, 0.3) is 11.0 Å². The largest absolute Gasteiger partial charge is 0.341 e. The number of imidazole rings is 1. The van der Waals surface area contributed by atoms with E-state index >= 15 is 0 Å². The minimum absolute atomic E-state index is 0.00783. The number of carbonyl (C=O) groups excluding carboxylic acids is 1. The van der Waals surface area contributed by atoms with Gasteiger partial charge in [-0.3, -0.25) is 9.69 Å². The Labute approximate surface area is 161 Å². The summed E-state index contributed by atoms with van der Waals surface area (Å²) in [4.78, 5) is 22.7. The van der Waals surface area contributed by atoms with Gasteiger partial charge in [0.15, 0.2) is 0 Å². The highest BCUT2D eigenvalue weighted by atomic mass is 35.5. The molecule has 0 saturated carbocycles. The maximum absolute atomic E-state index is 13.2. The van der Waals surface area contributed by atoms with Gasteiger partial charge in [-0.1, -0.05) is 23.7 Å². The van der Waals surface area contributed by atoms with Crippen molar-refractivity contribution >= 4 is 34.2 Å². The molecule has 2 N–H and O–H groups in total. The summed E-state index contributed by atoms with van der Waals surface area (Å²) in [5.41, 5.74) is 2.54. The van der Waals surface area contributed by atoms with E-state index in [4.69, 9.17) is 11.6 Å². The van der Waals surface area contributed by atoms with Crippen LogP contribution in [0.2, 0.25) is 5.02 Å². The molecule has 4 rings (SSSR count). The van der Waals surface area contributed by atoms with Gasteiger partial charge < -0.3 is 10.3 Å². The molecule has 0 bridgehead atoms. The lowest BCUT2D eigenvalue weighted by molar-refractivity contribution is -0.121. The van der Waals surface area contributed by atoms with E-state index in [1.165, 1.54) is 18.2 Å². The number of carbonyl (C=O) groups is 1. The average Bonchev–Trinajstić information content (AvgIpc) is 3.07. The van der Waals surface area contributed by atoms with Gasteiger partial charge in [-0.25, -0.2) is 9.37 Å². The van der Waals surface area contributed by atoms with Crippen LogP contribution < -0.4 is 5.32 Å². The summed E-state index contributed by atoms with van der Waals surface area (Å²) in [6.07, 6.45) is 1.56. The molecule has 2 aromatic carbocycles. The van der Waals surface area contributed by atoms with Crippen LogP contribution in [0.3, 0.4) is 0 Å². The topological polar surface area (TPSA) is 61.0 Å². The SMILES string of the molecule is O=C(Nc1ccc(F)c(Cl)c1)C1CCN(Cc2nc3ccccc3[nH]2)CC1. The molecule has 1 saturated heterocycles. The number of hydrogen-bond acceptors (Lipinski definition) is 3. The fourth-order valence-electron chi connectivity index (χ4n) is 3.46. The molecule has 0 atom stereocenters. The highest BCUT2D eigenvalue weighted by Crippen LogP contribution is 2.23. The molecule has 0 aliphatic carbocycles. The van der Waals surface area contributed by atoms with E-state index in [1.54, 1.807) is 0 Å². The molecule has 5 nitrogen and oxygen atoms in total. The first-order valence-corrected chi connectivity index (χ1v) is 9.38. The zero-order valence-corrected chi connectivity index (χ0v) is 15.5. The molecule has 2 heterocycles. The Morgan fingerprint density at radius 1 is 1.26 bits per heavy atom. The number of hydrogen-bond donors (Lipinski definition) is 2. The lowest BCUT2D eigenvalue weighted by Crippen LogP contribution is -2.38. The Morgan fingerprint density at radius 3 is 2.78 bits per heavy atom. The van der Waals surface area contributed by atoms with E-state index in [0.717, 1.165) is 49.3 Å². The van der Waals surface area contributed by atoms with E-state index in [1.807, 2.05) is 24.3 Å². The second-order valence-electron chi connectivity index (χ2n) is 6.87. The smallest absolute Gasteiger partial charge is 0.227 e. The van der Waals surface area contributed by atoms with Crippen LogP contribution in [0, 0.1) is 11.7 Å². The summed E-state index contributed by atoms with van der Waals surface area (Å²) in [5, 5.41) is 2.84. The summed E-state index contributed by atoms with van der Waals surface area (Å²) in [5.74, 6) is 0.357. The van der Waals surface area contributed by atoms with Crippen LogP contribution in [0.4, 0.5) is 10.1 Å². The highest BCUT2D eigenvalue weighted by Gasteiger charge is 2.25. The number of halogens is 2. The molecule has 1 fully saturated rings. The number of H-pyrrole nitrogens is 1. The van der Waals surface area contributed by atoms with Gasteiger partial charge in [0.25, 0.3) is 0 Å². The third-order valence-corrected chi connectivity index (χ3v) is 5.25. The van der Waals surface area contributed by atoms with Crippen LogP contribution in [-0.4, -0.2) is 33.9 Å². The molecule has 140 valence electrons. The van der Waals surface area contributed by atoms with E-state index in [2.05, 4.69) is 20.2 Å². The molecular weight excluding hydrogens is 367 g/mol. The summed E-state index contributed by atoms with van der Waals surface area (Å²) in [6, 6.07) is 12.2. The summed E-state index contributed by atoms with van der Waals surface area (Å²) in [6.45, 7) is 2.41. The molecule has 1 aliphatic heterocycles. The van der Waals surface area contributed by atoms with Crippen molar-refractivity contribution in [2.75, 3.05) is 18.4 Å². The zero-order valence-electron chi connectivity index (χ0n) is 14.7. The average molecular weight is 387 g/mol. The van der Waals surface area contributed by atoms with Gasteiger partial charge in [-0.15, -0.1) is 0 Å². The molecule has 0 spiro atoms. The quantitative estimate of drug-likeness (QED) is 0.706. The minimum Gasteiger partial charge on any atom is -0.341 e. The number of amides is 1. The number of nitrogens with one attached hydrogen (secondary N) is 2. The molecule has 7 heteroatoms. The van der Waals surface area contributed by atoms with Crippen molar-refractivity contribution in [3.05, 3.63) is 59.1 Å². The van der Waals surface area contributed by atoms with Gasteiger partial charge in [0.1, 0.15) is 11.6 Å². The van der Waals surface area contributed by atoms with Gasteiger partial charge in [-0.2, -0.15) is 0 Å². The van der Waals surface area contributed by atoms with Crippen molar-refractivity contribution in [2.24, 2.45) is 5.92 Å². The van der Waals surface area contributed by atoms with Gasteiger partial charge >= 0.3 is 0 Å². The number of aromatic amines is 1. The van der Waals surface area contributed by atoms with Gasteiger partial charge in [0.05, 0.1) is 22.6 Å². The zero-order chi connectivity index (χ0) is 18.8. The van der Waals surface area contributed by atoms with Crippen molar-refractivity contribution in [3.8, 4) is 0 Å². The first-order chi connectivity index (χ1) is 13.1. The minimum atomic E-state index is -0.492. The van der Waals surface area contributed by atoms with E-state index in [-0.39, 0.29) is 16.8 Å². The number of aromatic nitrogens is 2. The normalized spacial score (nSPS) is 15.9. The Bertz CT molecular complexity index is 933. The Balaban J connectivity index is 1.31. The third kappa shape index (κ3) is 4.12. The fourth-order valence-corrected chi connectivity index (χ4v) is 3.64. The maximum Gasteiger partial charge on any atom is 0.227 e. The Kier molecular flexibility index (Phi) is 5.09. The first-order valence-electron chi connectivity index (χ1n) is 9.00. The standard InChI is InChI=1S/C20H20ClFN4O/c21-15-11-14(5-6-16(15)22)23-20(27)13-7-9-26(10-8-13)12-19-24-17-3-1-2-4-18(17)25-19/h1-6,11,13H,7-10,12H2,(H,23,27)(H,24,25). The van der Waals surface area contributed by atoms with Crippen molar-refractivity contribution in [1.29, 1.82) is 0 Å². The highest BCUT2D eigenvalue weighted by molar-refractivity contribution is 6.31. The van der Waals surface area contributed by atoms with E-state index in [9.17, 15) is 9.18 Å². The number of para-hydroxylation sites is 2. The molecule has 1 aromatic heterocycles. The number of anilines is 1. The lowest BCUT2D eigenvalue weighted by atomic mass is 9.96. The molecule has 0 unspecified atom stereocenters. The number of piperidine rings is 1. The molecular formula is C20H20ClFN4O. The number of nitrogens with zero attached hydrogens (tertiary/aromatic N) is 2. The van der Waals surface area contributed by atoms with Crippen molar-refractivity contribution in [3.63, 3.8) is 0 Å². The van der Waals surface area contributed by atoms with Gasteiger partial charge in [0, 0.05) is 11.6 Å². The van der Waals surface area contributed by atoms with Crippen molar-refractivity contribution in [1.82, 2.24) is 14.9 Å². The summed E-state index contributed by atoms with van der Waals surface area (Å²) in [7, 11) is 0. The van der Waals surface area contributed by atoms with Crippen LogP contribution in [0.5, 0.6) is 0 Å². The van der Waals surface area contributed by atoms with Crippen molar-refractivity contribution in [2.45, 2.75) is 19.4 Å². The molecule has 1 aliphatic rings. The van der Waals surface area contributed by atoms with Crippen LogP contribution in [0.1, 0.15) is 18.7 Å². The van der Waals surface area contributed by atoms with Crippen molar-refractivity contribution < 1.29 is 9.18 Å². The Morgan fingerprint density at radius 2 is 2.04 bits per heavy atom. The number of benzene rings is 2. The van der Waals surface area contributed by atoms with E-state index in [0.29, 0.717) is 5.69 Å². The monoisotopic (exact) mass is 386 g/mol. The molecule has 0 radical (unpaired) electrons. The summed E-state index contributed by atoms with van der Waals surface area (Å²) >= 11 is 5.77. The van der Waals surface area contributed by atoms with Crippen LogP contribution in [0.15, 0.2) is 42.5 Å². The van der Waals surface area contributed by atoms with Crippen LogP contribution in [-0.2, 0) is 11.3 Å².